The second-order valence-corrected chi connectivity index (χ2v) is 2.42. The summed E-state index contributed by atoms with van der Waals surface area (Å²) in [6, 6.07) is 2.93. The van der Waals surface area contributed by atoms with Gasteiger partial charge in [0.25, 0.3) is 5.69 Å². The van der Waals surface area contributed by atoms with Gasteiger partial charge in [-0.05, 0) is 13.0 Å². The Bertz CT molecular complexity index is 350. The van der Waals surface area contributed by atoms with E-state index >= 15 is 0 Å². The van der Waals surface area contributed by atoms with Crippen molar-refractivity contribution in [2.24, 2.45) is 0 Å². The van der Waals surface area contributed by atoms with Gasteiger partial charge in [0.05, 0.1) is 17.8 Å². The van der Waals surface area contributed by atoms with Crippen LogP contribution in [0.1, 0.15) is 12.6 Å². The highest BCUT2D eigenvalue weighted by molar-refractivity contribution is 5.55. The minimum atomic E-state index is -0.474. The number of hydrogen-bond acceptors (Lipinski definition) is 4. The molecule has 0 aliphatic rings. The van der Waals surface area contributed by atoms with Crippen LogP contribution in [0, 0.1) is 10.1 Å². The molecule has 74 valence electrons. The van der Waals surface area contributed by atoms with E-state index in [4.69, 9.17) is 4.74 Å². The third-order valence-corrected chi connectivity index (χ3v) is 1.50. The van der Waals surface area contributed by atoms with Gasteiger partial charge in [-0.3, -0.25) is 10.1 Å². The maximum absolute atomic E-state index is 10.5. The fourth-order valence-electron chi connectivity index (χ4n) is 0.901. The van der Waals surface area contributed by atoms with Crippen LogP contribution >= 0.6 is 0 Å². The van der Waals surface area contributed by atoms with E-state index in [1.807, 2.05) is 6.92 Å². The lowest BCUT2D eigenvalue weighted by atomic mass is 10.3. The molecule has 0 N–H and O–H groups in total. The molecule has 1 aromatic heterocycles. The summed E-state index contributed by atoms with van der Waals surface area (Å²) >= 11 is 0. The lowest BCUT2D eigenvalue weighted by Crippen LogP contribution is -1.93. The first-order chi connectivity index (χ1) is 6.75. The van der Waals surface area contributed by atoms with E-state index in [2.05, 4.69) is 4.98 Å². The maximum atomic E-state index is 10.5. The number of nitrogens with zero attached hydrogens (tertiary/aromatic N) is 2. The Morgan fingerprint density at radius 1 is 1.71 bits per heavy atom. The molecule has 0 saturated carbocycles. The van der Waals surface area contributed by atoms with Crippen LogP contribution in [0.5, 0.6) is 0 Å². The Labute approximate surface area is 81.2 Å². The highest BCUT2D eigenvalue weighted by atomic mass is 16.6. The summed E-state index contributed by atoms with van der Waals surface area (Å²) in [6.07, 6.45) is 4.37. The molecule has 0 radical (unpaired) electrons. The van der Waals surface area contributed by atoms with Crippen molar-refractivity contribution in [1.82, 2.24) is 4.98 Å². The summed E-state index contributed by atoms with van der Waals surface area (Å²) in [4.78, 5) is 13.9. The van der Waals surface area contributed by atoms with Gasteiger partial charge in [0, 0.05) is 18.3 Å². The van der Waals surface area contributed by atoms with E-state index in [0.717, 1.165) is 0 Å². The summed E-state index contributed by atoms with van der Waals surface area (Å²) in [5.74, 6) is 0. The van der Waals surface area contributed by atoms with Crippen LogP contribution in [-0.2, 0) is 4.74 Å². The van der Waals surface area contributed by atoms with Crippen LogP contribution < -0.4 is 0 Å². The molecule has 5 nitrogen and oxygen atoms in total. The van der Waals surface area contributed by atoms with Crippen LogP contribution in [0.2, 0.25) is 0 Å². The zero-order chi connectivity index (χ0) is 10.4. The summed E-state index contributed by atoms with van der Waals surface area (Å²) < 4.78 is 4.93. The minimum absolute atomic E-state index is 0.0246. The van der Waals surface area contributed by atoms with E-state index in [-0.39, 0.29) is 5.69 Å². The zero-order valence-corrected chi connectivity index (χ0v) is 7.71. The van der Waals surface area contributed by atoms with Gasteiger partial charge in [0.2, 0.25) is 0 Å². The molecule has 0 aliphatic heterocycles. The van der Waals surface area contributed by atoms with Crippen molar-refractivity contribution in [3.05, 3.63) is 40.4 Å². The normalized spacial score (nSPS) is 10.4. The SMILES string of the molecule is CCOC=Cc1ncccc1[N+](=O)[O-]. The van der Waals surface area contributed by atoms with Crippen LogP contribution in [0.25, 0.3) is 6.08 Å². The average Bonchev–Trinajstić information content (AvgIpc) is 2.19. The number of rotatable bonds is 4. The van der Waals surface area contributed by atoms with Gasteiger partial charge < -0.3 is 4.74 Å². The standard InChI is InChI=1S/C9H10N2O3/c1-2-14-7-5-8-9(11(12)13)4-3-6-10-8/h3-7H,2H2,1H3. The predicted molar refractivity (Wildman–Crippen MR) is 51.6 cm³/mol. The Kier molecular flexibility index (Phi) is 3.60. The quantitative estimate of drug-likeness (QED) is 0.417. The number of aromatic nitrogens is 1. The van der Waals surface area contributed by atoms with Crippen LogP contribution in [0.4, 0.5) is 5.69 Å². The number of hydrogen-bond donors (Lipinski definition) is 0. The number of ether oxygens (including phenoxy) is 1. The van der Waals surface area contributed by atoms with Crippen molar-refractivity contribution in [3.63, 3.8) is 0 Å². The van der Waals surface area contributed by atoms with Gasteiger partial charge in [-0.1, -0.05) is 0 Å². The van der Waals surface area contributed by atoms with Crippen molar-refractivity contribution < 1.29 is 9.66 Å². The van der Waals surface area contributed by atoms with Crippen molar-refractivity contribution in [2.75, 3.05) is 6.61 Å². The van der Waals surface area contributed by atoms with Gasteiger partial charge in [0.1, 0.15) is 5.69 Å². The monoisotopic (exact) mass is 194 g/mol. The molecule has 5 heteroatoms. The molecule has 0 atom stereocenters. The summed E-state index contributed by atoms with van der Waals surface area (Å²) in [5, 5.41) is 10.5. The largest absolute Gasteiger partial charge is 0.501 e. The summed E-state index contributed by atoms with van der Waals surface area (Å²) in [6.45, 7) is 2.36. The van der Waals surface area contributed by atoms with Crippen molar-refractivity contribution in [1.29, 1.82) is 0 Å². The van der Waals surface area contributed by atoms with Crippen molar-refractivity contribution >= 4 is 11.8 Å². The predicted octanol–water partition coefficient (Wildman–Crippen LogP) is 2.00. The molecule has 0 unspecified atom stereocenters. The molecular weight excluding hydrogens is 184 g/mol. The molecule has 1 aromatic rings. The molecule has 0 amide bonds. The summed E-state index contributed by atoms with van der Waals surface area (Å²) in [5.41, 5.74) is 0.273. The molecular formula is C9H10N2O3. The molecule has 0 spiro atoms. The minimum Gasteiger partial charge on any atom is -0.501 e. The molecule has 0 saturated heterocycles. The van der Waals surface area contributed by atoms with Crippen LogP contribution in [0.3, 0.4) is 0 Å². The average molecular weight is 194 g/mol. The third kappa shape index (κ3) is 2.55. The smallest absolute Gasteiger partial charge is 0.294 e. The first-order valence-electron chi connectivity index (χ1n) is 4.13. The van der Waals surface area contributed by atoms with E-state index in [0.29, 0.717) is 12.3 Å². The van der Waals surface area contributed by atoms with E-state index < -0.39 is 4.92 Å². The van der Waals surface area contributed by atoms with E-state index in [9.17, 15) is 10.1 Å². The summed E-state index contributed by atoms with van der Waals surface area (Å²) in [7, 11) is 0. The van der Waals surface area contributed by atoms with Gasteiger partial charge in [-0.25, -0.2) is 4.98 Å². The lowest BCUT2D eigenvalue weighted by Gasteiger charge is -1.95. The zero-order valence-electron chi connectivity index (χ0n) is 7.71. The van der Waals surface area contributed by atoms with Gasteiger partial charge in [0.15, 0.2) is 0 Å². The maximum Gasteiger partial charge on any atom is 0.294 e. The molecule has 0 aromatic carbocycles. The van der Waals surface area contributed by atoms with E-state index in [1.54, 1.807) is 0 Å². The molecule has 0 fully saturated rings. The topological polar surface area (TPSA) is 65.3 Å². The van der Waals surface area contributed by atoms with Gasteiger partial charge in [-0.15, -0.1) is 0 Å². The third-order valence-electron chi connectivity index (χ3n) is 1.50. The van der Waals surface area contributed by atoms with Gasteiger partial charge in [-0.2, -0.15) is 0 Å². The Hall–Kier alpha value is -1.91. The first kappa shape index (κ1) is 10.2. The van der Waals surface area contributed by atoms with Crippen molar-refractivity contribution in [2.45, 2.75) is 6.92 Å². The van der Waals surface area contributed by atoms with Crippen LogP contribution in [0.15, 0.2) is 24.6 Å². The highest BCUT2D eigenvalue weighted by Gasteiger charge is 2.10. The van der Waals surface area contributed by atoms with E-state index in [1.165, 1.54) is 30.7 Å². The molecule has 1 rings (SSSR count). The second-order valence-electron chi connectivity index (χ2n) is 2.42. The fraction of sp³-hybridized carbons (Fsp3) is 0.222. The first-order valence-corrected chi connectivity index (χ1v) is 4.13. The highest BCUT2D eigenvalue weighted by Crippen LogP contribution is 2.15. The fourth-order valence-corrected chi connectivity index (χ4v) is 0.901. The molecule has 0 aliphatic carbocycles. The number of pyridine rings is 1. The Morgan fingerprint density at radius 2 is 2.50 bits per heavy atom. The lowest BCUT2D eigenvalue weighted by molar-refractivity contribution is -0.385. The van der Waals surface area contributed by atoms with Crippen molar-refractivity contribution in [3.8, 4) is 0 Å². The van der Waals surface area contributed by atoms with Gasteiger partial charge >= 0.3 is 0 Å². The molecule has 14 heavy (non-hydrogen) atoms. The van der Waals surface area contributed by atoms with Crippen LogP contribution in [-0.4, -0.2) is 16.5 Å². The molecule has 1 heterocycles. The molecule has 0 bridgehead atoms. The second kappa shape index (κ2) is 4.96. The Morgan fingerprint density at radius 3 is 3.14 bits per heavy atom. The Balaban J connectivity index is 2.90. The number of nitro groups is 1.